The predicted octanol–water partition coefficient (Wildman–Crippen LogP) is -0.425. The van der Waals surface area contributed by atoms with E-state index in [1.54, 1.807) is 12.1 Å². The second-order valence-electron chi connectivity index (χ2n) is 6.07. The van der Waals surface area contributed by atoms with Crippen molar-refractivity contribution in [2.24, 2.45) is 11.8 Å². The minimum absolute atomic E-state index is 0.195. The standard InChI is InChI=1S/C16H17NO6/c18-15(13-10-3-4-11(23-10)14(13)16(19)20)17-6-8-1-2-9-12(5-8)22-7-21-9/h1-2,5,10-11,13-14H,3-4,6-7H2,(H,17,18)(H,19,20)/p-1/t10-,11+,13-,14-/m0/s1. The van der Waals surface area contributed by atoms with Gasteiger partial charge in [-0.05, 0) is 30.5 Å². The van der Waals surface area contributed by atoms with Crippen LogP contribution in [0.4, 0.5) is 0 Å². The summed E-state index contributed by atoms with van der Waals surface area (Å²) in [5.74, 6) is -1.71. The van der Waals surface area contributed by atoms with E-state index in [0.29, 0.717) is 24.5 Å². The van der Waals surface area contributed by atoms with Crippen LogP contribution >= 0.6 is 0 Å². The van der Waals surface area contributed by atoms with Gasteiger partial charge < -0.3 is 29.4 Å². The molecule has 2 saturated heterocycles. The number of carbonyl (C=O) groups is 2. The zero-order chi connectivity index (χ0) is 16.0. The van der Waals surface area contributed by atoms with Gasteiger partial charge in [-0.25, -0.2) is 0 Å². The highest BCUT2D eigenvalue weighted by atomic mass is 16.7. The molecular formula is C16H16NO6-. The summed E-state index contributed by atoms with van der Waals surface area (Å²) in [6.07, 6.45) is 0.678. The molecule has 7 nitrogen and oxygen atoms in total. The Morgan fingerprint density at radius 3 is 2.65 bits per heavy atom. The average molecular weight is 318 g/mol. The summed E-state index contributed by atoms with van der Waals surface area (Å²) in [6, 6.07) is 5.42. The number of fused-ring (bicyclic) bond motifs is 3. The van der Waals surface area contributed by atoms with Gasteiger partial charge in [0.2, 0.25) is 12.7 Å². The lowest BCUT2D eigenvalue weighted by Crippen LogP contribution is -2.48. The summed E-state index contributed by atoms with van der Waals surface area (Å²) in [4.78, 5) is 23.7. The van der Waals surface area contributed by atoms with Crippen LogP contribution in [0.2, 0.25) is 0 Å². The van der Waals surface area contributed by atoms with Gasteiger partial charge in [0.05, 0.1) is 18.1 Å². The summed E-state index contributed by atoms with van der Waals surface area (Å²) in [7, 11) is 0. The Morgan fingerprint density at radius 1 is 1.13 bits per heavy atom. The van der Waals surface area contributed by atoms with E-state index in [-0.39, 0.29) is 18.8 Å². The van der Waals surface area contributed by atoms with E-state index >= 15 is 0 Å². The van der Waals surface area contributed by atoms with Crippen molar-refractivity contribution < 1.29 is 28.9 Å². The fourth-order valence-electron chi connectivity index (χ4n) is 3.67. The predicted molar refractivity (Wildman–Crippen MR) is 74.3 cm³/mol. The lowest BCUT2D eigenvalue weighted by Gasteiger charge is -2.27. The van der Waals surface area contributed by atoms with Crippen LogP contribution < -0.4 is 19.9 Å². The van der Waals surface area contributed by atoms with Crippen molar-refractivity contribution in [3.05, 3.63) is 23.8 Å². The molecule has 0 aliphatic carbocycles. The number of carboxylic acids is 1. The Morgan fingerprint density at radius 2 is 1.87 bits per heavy atom. The molecule has 7 heteroatoms. The van der Waals surface area contributed by atoms with Gasteiger partial charge in [0.15, 0.2) is 11.5 Å². The largest absolute Gasteiger partial charge is 0.550 e. The number of hydrogen-bond donors (Lipinski definition) is 1. The van der Waals surface area contributed by atoms with Gasteiger partial charge in [-0.1, -0.05) is 6.07 Å². The van der Waals surface area contributed by atoms with Crippen LogP contribution in [0.25, 0.3) is 0 Å². The molecule has 4 atom stereocenters. The molecule has 1 aromatic rings. The van der Waals surface area contributed by atoms with Crippen molar-refractivity contribution in [3.63, 3.8) is 0 Å². The van der Waals surface area contributed by atoms with Gasteiger partial charge in [0.1, 0.15) is 0 Å². The highest BCUT2D eigenvalue weighted by Crippen LogP contribution is 2.43. The zero-order valence-electron chi connectivity index (χ0n) is 12.3. The Kier molecular flexibility index (Phi) is 3.37. The molecule has 23 heavy (non-hydrogen) atoms. The van der Waals surface area contributed by atoms with E-state index in [1.807, 2.05) is 6.07 Å². The molecule has 1 N–H and O–H groups in total. The summed E-state index contributed by atoms with van der Waals surface area (Å²) in [5.41, 5.74) is 0.858. The number of amides is 1. The molecule has 3 aliphatic rings. The number of nitrogens with one attached hydrogen (secondary N) is 1. The lowest BCUT2D eigenvalue weighted by atomic mass is 9.78. The van der Waals surface area contributed by atoms with Gasteiger partial charge in [0, 0.05) is 18.4 Å². The van der Waals surface area contributed by atoms with E-state index in [0.717, 1.165) is 12.0 Å². The summed E-state index contributed by atoms with van der Waals surface area (Å²) in [6.45, 7) is 0.490. The first kappa shape index (κ1) is 14.3. The van der Waals surface area contributed by atoms with Crippen molar-refractivity contribution in [3.8, 4) is 11.5 Å². The summed E-state index contributed by atoms with van der Waals surface area (Å²) in [5, 5.41) is 14.1. The van der Waals surface area contributed by atoms with Crippen LogP contribution in [-0.2, 0) is 20.9 Å². The third-order valence-corrected chi connectivity index (χ3v) is 4.75. The maximum absolute atomic E-state index is 12.4. The molecule has 3 aliphatic heterocycles. The maximum atomic E-state index is 12.4. The molecule has 122 valence electrons. The molecule has 0 spiro atoms. The highest BCUT2D eigenvalue weighted by Gasteiger charge is 2.52. The van der Waals surface area contributed by atoms with Crippen LogP contribution in [0, 0.1) is 11.8 Å². The third kappa shape index (κ3) is 2.41. The molecule has 0 saturated carbocycles. The van der Waals surface area contributed by atoms with Crippen LogP contribution in [-0.4, -0.2) is 30.9 Å². The Hall–Kier alpha value is -2.28. The molecule has 0 unspecified atom stereocenters. The normalized spacial score (nSPS) is 30.4. The van der Waals surface area contributed by atoms with Gasteiger partial charge in [-0.3, -0.25) is 4.79 Å². The molecule has 1 amide bonds. The molecule has 3 heterocycles. The first-order chi connectivity index (χ1) is 11.1. The zero-order valence-corrected chi connectivity index (χ0v) is 12.3. The fourth-order valence-corrected chi connectivity index (χ4v) is 3.67. The van der Waals surface area contributed by atoms with Crippen LogP contribution in [0.5, 0.6) is 11.5 Å². The molecule has 0 radical (unpaired) electrons. The minimum atomic E-state index is -1.21. The molecule has 2 fully saturated rings. The first-order valence-electron chi connectivity index (χ1n) is 7.66. The Balaban J connectivity index is 1.43. The summed E-state index contributed by atoms with van der Waals surface area (Å²) < 4.78 is 16.1. The smallest absolute Gasteiger partial charge is 0.231 e. The number of carboxylic acid groups (broad SMARTS) is 1. The van der Waals surface area contributed by atoms with Gasteiger partial charge in [-0.2, -0.15) is 0 Å². The molecular weight excluding hydrogens is 302 g/mol. The second-order valence-corrected chi connectivity index (χ2v) is 6.07. The van der Waals surface area contributed by atoms with E-state index < -0.39 is 23.9 Å². The minimum Gasteiger partial charge on any atom is -0.550 e. The molecule has 1 aromatic carbocycles. The number of benzene rings is 1. The second kappa shape index (κ2) is 5.42. The molecule has 4 rings (SSSR count). The highest BCUT2D eigenvalue weighted by molar-refractivity contribution is 5.86. The van der Waals surface area contributed by atoms with Crippen molar-refractivity contribution in [2.75, 3.05) is 6.79 Å². The van der Waals surface area contributed by atoms with Gasteiger partial charge >= 0.3 is 0 Å². The van der Waals surface area contributed by atoms with Crippen molar-refractivity contribution >= 4 is 11.9 Å². The number of ether oxygens (including phenoxy) is 3. The van der Waals surface area contributed by atoms with Crippen LogP contribution in [0.15, 0.2) is 18.2 Å². The van der Waals surface area contributed by atoms with E-state index in [9.17, 15) is 14.7 Å². The van der Waals surface area contributed by atoms with Crippen molar-refractivity contribution in [1.82, 2.24) is 5.32 Å². The number of carbonyl (C=O) groups excluding carboxylic acids is 2. The van der Waals surface area contributed by atoms with E-state index in [2.05, 4.69) is 5.32 Å². The Labute approximate surface area is 132 Å². The van der Waals surface area contributed by atoms with E-state index in [1.165, 1.54) is 0 Å². The SMILES string of the molecule is O=C(NCc1ccc2c(c1)OCO2)[C@@H]1[C@@H](C(=O)[O-])[C@H]2CC[C@@H]1O2. The third-order valence-electron chi connectivity index (χ3n) is 4.75. The number of aliphatic carboxylic acids is 1. The average Bonchev–Trinajstić information content (AvgIpc) is 3.25. The van der Waals surface area contributed by atoms with Gasteiger partial charge in [-0.15, -0.1) is 0 Å². The van der Waals surface area contributed by atoms with Crippen LogP contribution in [0.1, 0.15) is 18.4 Å². The topological polar surface area (TPSA) is 96.9 Å². The number of hydrogen-bond acceptors (Lipinski definition) is 6. The number of rotatable bonds is 4. The van der Waals surface area contributed by atoms with Crippen LogP contribution in [0.3, 0.4) is 0 Å². The van der Waals surface area contributed by atoms with E-state index in [4.69, 9.17) is 14.2 Å². The maximum Gasteiger partial charge on any atom is 0.231 e. The van der Waals surface area contributed by atoms with Crippen molar-refractivity contribution in [1.29, 1.82) is 0 Å². The Bertz CT molecular complexity index is 660. The van der Waals surface area contributed by atoms with Gasteiger partial charge in [0.25, 0.3) is 0 Å². The monoisotopic (exact) mass is 318 g/mol. The first-order valence-corrected chi connectivity index (χ1v) is 7.66. The molecule has 0 aromatic heterocycles. The molecule has 2 bridgehead atoms. The van der Waals surface area contributed by atoms with Crippen molar-refractivity contribution in [2.45, 2.75) is 31.6 Å². The summed E-state index contributed by atoms with van der Waals surface area (Å²) >= 11 is 0. The fraction of sp³-hybridized carbons (Fsp3) is 0.500. The quantitative estimate of drug-likeness (QED) is 0.809. The lowest BCUT2D eigenvalue weighted by molar-refractivity contribution is -0.314.